The van der Waals surface area contributed by atoms with E-state index < -0.39 is 5.97 Å². The molecule has 3 aromatic rings. The molecule has 10 N–H and O–H groups in total. The molecule has 3 rings (SSSR count). The Kier molecular flexibility index (Phi) is 6.97. The van der Waals surface area contributed by atoms with Gasteiger partial charge in [-0.05, 0) is 48.0 Å². The van der Waals surface area contributed by atoms with Gasteiger partial charge in [-0.3, -0.25) is 9.78 Å². The lowest BCUT2D eigenvalue weighted by Gasteiger charge is -2.06. The lowest BCUT2D eigenvalue weighted by Crippen LogP contribution is -2.23. The van der Waals surface area contributed by atoms with Crippen LogP contribution in [0.5, 0.6) is 0 Å². The summed E-state index contributed by atoms with van der Waals surface area (Å²) in [6.07, 6.45) is 3.39. The number of nitrogens with two attached hydrogens (primary N) is 4. The lowest BCUT2D eigenvalue weighted by atomic mass is 10.1. The molecule has 0 aliphatic heterocycles. The Hall–Kier alpha value is -4.27. The topological polar surface area (TPSA) is 183 Å². The molecule has 0 saturated heterocycles. The number of hydrogen-bond acceptors (Lipinski definition) is 7. The molecule has 0 atom stereocenters. The summed E-state index contributed by atoms with van der Waals surface area (Å²) in [4.78, 5) is 26.2. The normalized spacial score (nSPS) is 9.79. The molecule has 0 bridgehead atoms. The molecule has 0 unspecified atom stereocenters. The number of anilines is 4. The van der Waals surface area contributed by atoms with E-state index in [1.807, 2.05) is 12.1 Å². The molecule has 0 spiro atoms. The number of nitrogen functional groups attached to an aromatic ring is 4. The van der Waals surface area contributed by atoms with E-state index in [1.54, 1.807) is 30.6 Å². The SMILES string of the molecule is Nc1cc(N)cc(C(=O)NCc2cccnc2)c1.Nc1cc(N)cc(C(=O)O)c1. The van der Waals surface area contributed by atoms with E-state index >= 15 is 0 Å². The highest BCUT2D eigenvalue weighted by Crippen LogP contribution is 2.14. The summed E-state index contributed by atoms with van der Waals surface area (Å²) in [7, 11) is 0. The molecule has 9 heteroatoms. The Morgan fingerprint density at radius 2 is 1.38 bits per heavy atom. The molecule has 0 aliphatic carbocycles. The van der Waals surface area contributed by atoms with Crippen molar-refractivity contribution >= 4 is 34.6 Å². The Morgan fingerprint density at radius 3 is 1.83 bits per heavy atom. The standard InChI is InChI=1S/C13H14N4O.C7H8N2O2/c14-11-4-10(5-12(15)6-11)13(18)17-8-9-2-1-3-16-7-9;8-5-1-4(7(10)11)2-6(9)3-5/h1-7H,8,14-15H2,(H,17,18);1-3H,8-9H2,(H,10,11). The zero-order valence-electron chi connectivity index (χ0n) is 15.5. The van der Waals surface area contributed by atoms with E-state index in [0.717, 1.165) is 5.56 Å². The molecule has 1 heterocycles. The van der Waals surface area contributed by atoms with Crippen LogP contribution in [0, 0.1) is 0 Å². The number of aromatic carboxylic acids is 1. The summed E-state index contributed by atoms with van der Waals surface area (Å²) in [6.45, 7) is 0.418. The van der Waals surface area contributed by atoms with Gasteiger partial charge in [-0.2, -0.15) is 0 Å². The van der Waals surface area contributed by atoms with Crippen molar-refractivity contribution in [1.82, 2.24) is 10.3 Å². The lowest BCUT2D eigenvalue weighted by molar-refractivity contribution is 0.0696. The number of hydrogen-bond donors (Lipinski definition) is 6. The predicted molar refractivity (Wildman–Crippen MR) is 113 cm³/mol. The van der Waals surface area contributed by atoms with Gasteiger partial charge in [0.25, 0.3) is 5.91 Å². The van der Waals surface area contributed by atoms with Crippen LogP contribution in [-0.4, -0.2) is 22.0 Å². The van der Waals surface area contributed by atoms with Gasteiger partial charge in [-0.25, -0.2) is 4.79 Å². The third-order valence-electron chi connectivity index (χ3n) is 3.64. The third-order valence-corrected chi connectivity index (χ3v) is 3.64. The minimum absolute atomic E-state index is 0.113. The highest BCUT2D eigenvalue weighted by molar-refractivity contribution is 5.96. The number of nitrogens with one attached hydrogen (secondary N) is 1. The van der Waals surface area contributed by atoms with Crippen LogP contribution >= 0.6 is 0 Å². The van der Waals surface area contributed by atoms with Crippen molar-refractivity contribution in [2.75, 3.05) is 22.9 Å². The summed E-state index contributed by atoms with van der Waals surface area (Å²) in [5.74, 6) is -1.23. The molecule has 29 heavy (non-hydrogen) atoms. The van der Waals surface area contributed by atoms with Crippen molar-refractivity contribution in [3.8, 4) is 0 Å². The number of rotatable bonds is 4. The maximum atomic E-state index is 11.9. The number of carboxylic acids is 1. The smallest absolute Gasteiger partial charge is 0.335 e. The molecular weight excluding hydrogens is 372 g/mol. The number of pyridine rings is 1. The number of carbonyl (C=O) groups is 2. The van der Waals surface area contributed by atoms with Crippen molar-refractivity contribution in [2.45, 2.75) is 6.54 Å². The van der Waals surface area contributed by atoms with Gasteiger partial charge in [0.2, 0.25) is 0 Å². The Morgan fingerprint density at radius 1 is 0.862 bits per heavy atom. The van der Waals surface area contributed by atoms with Gasteiger partial charge in [-0.15, -0.1) is 0 Å². The third kappa shape index (κ3) is 6.75. The quantitative estimate of drug-likeness (QED) is 0.361. The number of aromatic nitrogens is 1. The largest absolute Gasteiger partial charge is 0.478 e. The van der Waals surface area contributed by atoms with Crippen LogP contribution in [0.2, 0.25) is 0 Å². The number of benzene rings is 2. The van der Waals surface area contributed by atoms with Crippen LogP contribution in [0.1, 0.15) is 26.3 Å². The van der Waals surface area contributed by atoms with E-state index in [4.69, 9.17) is 28.0 Å². The van der Waals surface area contributed by atoms with Crippen molar-refractivity contribution < 1.29 is 14.7 Å². The zero-order valence-corrected chi connectivity index (χ0v) is 15.5. The first-order chi connectivity index (χ1) is 13.7. The van der Waals surface area contributed by atoms with Gasteiger partial charge in [0, 0.05) is 47.3 Å². The molecule has 2 aromatic carbocycles. The first kappa shape index (κ1) is 21.0. The maximum absolute atomic E-state index is 11.9. The summed E-state index contributed by atoms with van der Waals surface area (Å²) in [5, 5.41) is 11.3. The molecule has 0 radical (unpaired) electrons. The van der Waals surface area contributed by atoms with Gasteiger partial charge in [-0.1, -0.05) is 6.07 Å². The Labute approximate surface area is 167 Å². The molecule has 0 saturated carbocycles. The first-order valence-electron chi connectivity index (χ1n) is 8.47. The number of carbonyl (C=O) groups excluding carboxylic acids is 1. The molecule has 0 fully saturated rings. The highest BCUT2D eigenvalue weighted by atomic mass is 16.4. The number of nitrogens with zero attached hydrogens (tertiary/aromatic N) is 1. The first-order valence-corrected chi connectivity index (χ1v) is 8.47. The van der Waals surface area contributed by atoms with E-state index in [1.165, 1.54) is 18.2 Å². The van der Waals surface area contributed by atoms with Crippen molar-refractivity contribution in [2.24, 2.45) is 0 Å². The van der Waals surface area contributed by atoms with Crippen LogP contribution in [-0.2, 0) is 6.54 Å². The van der Waals surface area contributed by atoms with Crippen molar-refractivity contribution in [3.63, 3.8) is 0 Å². The maximum Gasteiger partial charge on any atom is 0.335 e. The fraction of sp³-hybridized carbons (Fsp3) is 0.0500. The fourth-order valence-corrected chi connectivity index (χ4v) is 2.39. The number of carboxylic acid groups (broad SMARTS) is 1. The van der Waals surface area contributed by atoms with Gasteiger partial charge in [0.05, 0.1) is 5.56 Å². The van der Waals surface area contributed by atoms with E-state index in [0.29, 0.717) is 34.9 Å². The molecule has 150 valence electrons. The fourth-order valence-electron chi connectivity index (χ4n) is 2.39. The summed E-state index contributed by atoms with van der Waals surface area (Å²) >= 11 is 0. The summed E-state index contributed by atoms with van der Waals surface area (Å²) in [6, 6.07) is 12.7. The average molecular weight is 394 g/mol. The molecule has 9 nitrogen and oxygen atoms in total. The average Bonchev–Trinajstić information content (AvgIpc) is 2.66. The van der Waals surface area contributed by atoms with Crippen LogP contribution in [0.15, 0.2) is 60.9 Å². The second-order valence-electron chi connectivity index (χ2n) is 6.13. The monoisotopic (exact) mass is 394 g/mol. The molecule has 1 aromatic heterocycles. The minimum atomic E-state index is -1.02. The Bertz CT molecular complexity index is 968. The second kappa shape index (κ2) is 9.60. The van der Waals surface area contributed by atoms with Crippen LogP contribution in [0.25, 0.3) is 0 Å². The molecule has 0 aliphatic rings. The van der Waals surface area contributed by atoms with E-state index in [9.17, 15) is 9.59 Å². The predicted octanol–water partition coefficient (Wildman–Crippen LogP) is 1.73. The van der Waals surface area contributed by atoms with Crippen molar-refractivity contribution in [3.05, 3.63) is 77.6 Å². The van der Waals surface area contributed by atoms with Gasteiger partial charge < -0.3 is 33.4 Å². The minimum Gasteiger partial charge on any atom is -0.478 e. The Balaban J connectivity index is 0.000000234. The highest BCUT2D eigenvalue weighted by Gasteiger charge is 2.07. The second-order valence-corrected chi connectivity index (χ2v) is 6.13. The van der Waals surface area contributed by atoms with Crippen LogP contribution in [0.4, 0.5) is 22.7 Å². The summed E-state index contributed by atoms with van der Waals surface area (Å²) < 4.78 is 0. The van der Waals surface area contributed by atoms with Gasteiger partial charge in [0.1, 0.15) is 0 Å². The molecule has 1 amide bonds. The van der Waals surface area contributed by atoms with Gasteiger partial charge in [0.15, 0.2) is 0 Å². The zero-order chi connectivity index (χ0) is 21.4. The van der Waals surface area contributed by atoms with E-state index in [-0.39, 0.29) is 11.5 Å². The molecular formula is C20H22N6O3. The summed E-state index contributed by atoms with van der Waals surface area (Å²) in [5.41, 5.74) is 25.2. The van der Waals surface area contributed by atoms with E-state index in [2.05, 4.69) is 10.3 Å². The van der Waals surface area contributed by atoms with Crippen LogP contribution in [0.3, 0.4) is 0 Å². The number of amides is 1. The van der Waals surface area contributed by atoms with Crippen LogP contribution < -0.4 is 28.3 Å². The van der Waals surface area contributed by atoms with Crippen molar-refractivity contribution in [1.29, 1.82) is 0 Å². The van der Waals surface area contributed by atoms with Gasteiger partial charge >= 0.3 is 5.97 Å².